The highest BCUT2D eigenvalue weighted by atomic mass is 15.2. The maximum absolute atomic E-state index is 6.46. The molecule has 2 aromatic rings. The molecular formula is C16H24N4. The lowest BCUT2D eigenvalue weighted by molar-refractivity contribution is 0.249. The van der Waals surface area contributed by atoms with Crippen molar-refractivity contribution in [2.24, 2.45) is 5.73 Å². The first-order chi connectivity index (χ1) is 9.54. The van der Waals surface area contributed by atoms with E-state index < -0.39 is 0 Å². The number of pyridine rings is 1. The fourth-order valence-electron chi connectivity index (χ4n) is 3.46. The zero-order chi connectivity index (χ0) is 14.3. The monoisotopic (exact) mass is 272 g/mol. The van der Waals surface area contributed by atoms with Gasteiger partial charge < -0.3 is 10.3 Å². The van der Waals surface area contributed by atoms with Crippen molar-refractivity contribution >= 4 is 11.2 Å². The Labute approximate surface area is 120 Å². The molecule has 1 aliphatic carbocycles. The molecule has 3 rings (SSSR count). The molecule has 0 amide bonds. The van der Waals surface area contributed by atoms with Gasteiger partial charge in [0.2, 0.25) is 0 Å². The fourth-order valence-corrected chi connectivity index (χ4v) is 3.46. The highest BCUT2D eigenvalue weighted by Crippen LogP contribution is 2.39. The van der Waals surface area contributed by atoms with E-state index >= 15 is 0 Å². The molecule has 0 spiro atoms. The molecule has 108 valence electrons. The third-order valence-corrected chi connectivity index (χ3v) is 4.76. The standard InChI is InChI=1S/C16H24N4/c1-11(2)20-14-12(7-6-10-18-14)19-15(20)16(3)9-5-4-8-13(16)17/h6-7,10-11,13H,4-5,8-9,17H2,1-3H3. The molecule has 2 atom stereocenters. The molecule has 1 aliphatic rings. The highest BCUT2D eigenvalue weighted by Gasteiger charge is 2.40. The normalized spacial score (nSPS) is 27.4. The third-order valence-electron chi connectivity index (χ3n) is 4.76. The average Bonchev–Trinajstić information content (AvgIpc) is 2.82. The minimum absolute atomic E-state index is 0.0385. The predicted molar refractivity (Wildman–Crippen MR) is 81.7 cm³/mol. The van der Waals surface area contributed by atoms with Crippen LogP contribution >= 0.6 is 0 Å². The van der Waals surface area contributed by atoms with Crippen LogP contribution in [0, 0.1) is 0 Å². The van der Waals surface area contributed by atoms with Crippen molar-refractivity contribution in [1.29, 1.82) is 0 Å². The zero-order valence-electron chi connectivity index (χ0n) is 12.6. The van der Waals surface area contributed by atoms with E-state index in [2.05, 4.69) is 30.3 Å². The molecule has 0 saturated heterocycles. The van der Waals surface area contributed by atoms with Gasteiger partial charge in [-0.3, -0.25) is 0 Å². The molecule has 0 aromatic carbocycles. The van der Waals surface area contributed by atoms with E-state index in [1.807, 2.05) is 18.3 Å². The summed E-state index contributed by atoms with van der Waals surface area (Å²) < 4.78 is 2.28. The molecule has 1 saturated carbocycles. The number of fused-ring (bicyclic) bond motifs is 1. The SMILES string of the molecule is CC(C)n1c(C2(C)CCCCC2N)nc2cccnc21. The number of hydrogen-bond donors (Lipinski definition) is 1. The Morgan fingerprint density at radius 1 is 1.40 bits per heavy atom. The van der Waals surface area contributed by atoms with E-state index in [1.165, 1.54) is 12.8 Å². The maximum Gasteiger partial charge on any atom is 0.160 e. The van der Waals surface area contributed by atoms with Crippen LogP contribution in [0.5, 0.6) is 0 Å². The van der Waals surface area contributed by atoms with Crippen LogP contribution in [0.2, 0.25) is 0 Å². The van der Waals surface area contributed by atoms with E-state index in [0.29, 0.717) is 6.04 Å². The Balaban J connectivity index is 2.22. The number of nitrogens with two attached hydrogens (primary N) is 1. The van der Waals surface area contributed by atoms with Gasteiger partial charge in [0.25, 0.3) is 0 Å². The van der Waals surface area contributed by atoms with E-state index in [-0.39, 0.29) is 11.5 Å². The van der Waals surface area contributed by atoms with E-state index in [0.717, 1.165) is 29.8 Å². The molecule has 0 radical (unpaired) electrons. The lowest BCUT2D eigenvalue weighted by Crippen LogP contribution is -2.47. The summed E-state index contributed by atoms with van der Waals surface area (Å²) in [7, 11) is 0. The van der Waals surface area contributed by atoms with E-state index in [4.69, 9.17) is 10.7 Å². The van der Waals surface area contributed by atoms with Crippen molar-refractivity contribution in [2.45, 2.75) is 64.0 Å². The third kappa shape index (κ3) is 1.94. The number of hydrogen-bond acceptors (Lipinski definition) is 3. The summed E-state index contributed by atoms with van der Waals surface area (Å²) in [4.78, 5) is 9.43. The fraction of sp³-hybridized carbons (Fsp3) is 0.625. The lowest BCUT2D eigenvalue weighted by Gasteiger charge is -2.39. The molecule has 0 aliphatic heterocycles. The Kier molecular flexibility index (Phi) is 3.28. The number of nitrogens with zero attached hydrogens (tertiary/aromatic N) is 3. The van der Waals surface area contributed by atoms with Crippen LogP contribution in [-0.2, 0) is 5.41 Å². The van der Waals surface area contributed by atoms with Gasteiger partial charge in [-0.2, -0.15) is 0 Å². The van der Waals surface area contributed by atoms with Gasteiger partial charge in [-0.05, 0) is 38.8 Å². The lowest BCUT2D eigenvalue weighted by atomic mass is 9.71. The second-order valence-electron chi connectivity index (χ2n) is 6.52. The minimum Gasteiger partial charge on any atom is -0.327 e. The first-order valence-electron chi connectivity index (χ1n) is 7.63. The summed E-state index contributed by atoms with van der Waals surface area (Å²) in [6.07, 6.45) is 6.51. The molecule has 2 unspecified atom stereocenters. The summed E-state index contributed by atoms with van der Waals surface area (Å²) in [5, 5.41) is 0. The summed E-state index contributed by atoms with van der Waals surface area (Å²) in [6, 6.07) is 4.52. The van der Waals surface area contributed by atoms with Crippen molar-refractivity contribution in [2.75, 3.05) is 0 Å². The van der Waals surface area contributed by atoms with Gasteiger partial charge in [-0.15, -0.1) is 0 Å². The van der Waals surface area contributed by atoms with Crippen LogP contribution in [-0.4, -0.2) is 20.6 Å². The first-order valence-corrected chi connectivity index (χ1v) is 7.63. The minimum atomic E-state index is -0.0385. The van der Waals surface area contributed by atoms with E-state index in [1.54, 1.807) is 0 Å². The number of rotatable bonds is 2. The largest absolute Gasteiger partial charge is 0.327 e. The molecule has 2 heterocycles. The predicted octanol–water partition coefficient (Wildman–Crippen LogP) is 3.17. The van der Waals surface area contributed by atoms with Gasteiger partial charge in [0.1, 0.15) is 11.3 Å². The van der Waals surface area contributed by atoms with Crippen molar-refractivity contribution in [3.63, 3.8) is 0 Å². The molecule has 20 heavy (non-hydrogen) atoms. The zero-order valence-corrected chi connectivity index (χ0v) is 12.6. The smallest absolute Gasteiger partial charge is 0.160 e. The molecule has 2 aromatic heterocycles. The second-order valence-corrected chi connectivity index (χ2v) is 6.52. The molecule has 0 bridgehead atoms. The average molecular weight is 272 g/mol. The van der Waals surface area contributed by atoms with Crippen LogP contribution in [0.3, 0.4) is 0 Å². The van der Waals surface area contributed by atoms with Gasteiger partial charge >= 0.3 is 0 Å². The number of imidazole rings is 1. The summed E-state index contributed by atoms with van der Waals surface area (Å²) in [5.74, 6) is 1.12. The summed E-state index contributed by atoms with van der Waals surface area (Å²) in [6.45, 7) is 6.66. The van der Waals surface area contributed by atoms with Gasteiger partial charge in [-0.1, -0.05) is 19.8 Å². The molecular weight excluding hydrogens is 248 g/mol. The van der Waals surface area contributed by atoms with Crippen molar-refractivity contribution in [3.05, 3.63) is 24.2 Å². The molecule has 4 heteroatoms. The van der Waals surface area contributed by atoms with Crippen LogP contribution in [0.4, 0.5) is 0 Å². The Morgan fingerprint density at radius 2 is 2.20 bits per heavy atom. The van der Waals surface area contributed by atoms with Crippen LogP contribution < -0.4 is 5.73 Å². The van der Waals surface area contributed by atoms with Crippen molar-refractivity contribution < 1.29 is 0 Å². The Bertz CT molecular complexity index is 616. The Morgan fingerprint density at radius 3 is 2.90 bits per heavy atom. The van der Waals surface area contributed by atoms with Gasteiger partial charge in [0.05, 0.1) is 0 Å². The quantitative estimate of drug-likeness (QED) is 0.913. The van der Waals surface area contributed by atoms with Gasteiger partial charge in [0.15, 0.2) is 5.65 Å². The number of aromatic nitrogens is 3. The topological polar surface area (TPSA) is 56.7 Å². The van der Waals surface area contributed by atoms with E-state index in [9.17, 15) is 0 Å². The first kappa shape index (κ1) is 13.6. The summed E-state index contributed by atoms with van der Waals surface area (Å²) >= 11 is 0. The highest BCUT2D eigenvalue weighted by molar-refractivity contribution is 5.71. The maximum atomic E-state index is 6.46. The Hall–Kier alpha value is -1.42. The summed E-state index contributed by atoms with van der Waals surface area (Å²) in [5.41, 5.74) is 8.39. The molecule has 1 fully saturated rings. The second kappa shape index (κ2) is 4.85. The van der Waals surface area contributed by atoms with Crippen molar-refractivity contribution in [1.82, 2.24) is 14.5 Å². The van der Waals surface area contributed by atoms with Crippen LogP contribution in [0.1, 0.15) is 58.3 Å². The van der Waals surface area contributed by atoms with Crippen LogP contribution in [0.15, 0.2) is 18.3 Å². The van der Waals surface area contributed by atoms with Crippen LogP contribution in [0.25, 0.3) is 11.2 Å². The van der Waals surface area contributed by atoms with Crippen molar-refractivity contribution in [3.8, 4) is 0 Å². The van der Waals surface area contributed by atoms with Gasteiger partial charge in [0, 0.05) is 23.7 Å². The molecule has 2 N–H and O–H groups in total. The molecule has 4 nitrogen and oxygen atoms in total. The van der Waals surface area contributed by atoms with Gasteiger partial charge in [-0.25, -0.2) is 9.97 Å².